The van der Waals surface area contributed by atoms with E-state index >= 15 is 0 Å². The van der Waals surface area contributed by atoms with Crippen molar-refractivity contribution >= 4 is 0 Å². The van der Waals surface area contributed by atoms with Crippen molar-refractivity contribution in [1.82, 2.24) is 19.9 Å². The Kier molecular flexibility index (Phi) is 3.63. The lowest BCUT2D eigenvalue weighted by Gasteiger charge is -2.06. The molecular weight excluding hydrogens is 307 g/mol. The fourth-order valence-corrected chi connectivity index (χ4v) is 2.51. The smallest absolute Gasteiger partial charge is 0.184 e. The summed E-state index contributed by atoms with van der Waals surface area (Å²) in [5, 5.41) is 8.31. The Morgan fingerprint density at radius 1 is 0.958 bits per heavy atom. The maximum atomic E-state index is 14.0. The molecule has 0 N–H and O–H groups in total. The third-order valence-corrected chi connectivity index (χ3v) is 3.68. The Hall–Kier alpha value is -3.28. The van der Waals surface area contributed by atoms with Crippen molar-refractivity contribution in [1.29, 1.82) is 0 Å². The third kappa shape index (κ3) is 2.69. The largest absolute Gasteiger partial charge is 0.355 e. The second-order valence-electron chi connectivity index (χ2n) is 5.26. The Morgan fingerprint density at radius 3 is 2.58 bits per heavy atom. The van der Waals surface area contributed by atoms with E-state index in [4.69, 9.17) is 4.52 Å². The summed E-state index contributed by atoms with van der Waals surface area (Å²) in [6, 6.07) is 15.9. The topological polar surface area (TPSA) is 56.7 Å². The highest BCUT2D eigenvalue weighted by molar-refractivity contribution is 5.63. The highest BCUT2D eigenvalue weighted by Crippen LogP contribution is 2.26. The summed E-state index contributed by atoms with van der Waals surface area (Å²) in [5.41, 5.74) is 2.70. The molecule has 118 valence electrons. The summed E-state index contributed by atoms with van der Waals surface area (Å²) in [6.07, 6.45) is 3.27. The molecule has 4 rings (SSSR count). The van der Waals surface area contributed by atoms with Crippen LogP contribution >= 0.6 is 0 Å². The van der Waals surface area contributed by atoms with Crippen molar-refractivity contribution in [3.8, 4) is 22.8 Å². The molecule has 0 bridgehead atoms. The second kappa shape index (κ2) is 6.08. The maximum Gasteiger partial charge on any atom is 0.184 e. The molecule has 0 aliphatic rings. The number of aromatic nitrogens is 4. The van der Waals surface area contributed by atoms with Crippen molar-refractivity contribution in [3.05, 3.63) is 78.4 Å². The average molecular weight is 320 g/mol. The Bertz CT molecular complexity index is 948. The van der Waals surface area contributed by atoms with Gasteiger partial charge in [0.25, 0.3) is 0 Å². The predicted molar refractivity (Wildman–Crippen MR) is 86.5 cm³/mol. The van der Waals surface area contributed by atoms with Crippen LogP contribution in [0.3, 0.4) is 0 Å². The molecule has 1 aromatic carbocycles. The van der Waals surface area contributed by atoms with Crippen LogP contribution in [0.4, 0.5) is 4.39 Å². The molecule has 6 heteroatoms. The van der Waals surface area contributed by atoms with Gasteiger partial charge < -0.3 is 4.52 Å². The lowest BCUT2D eigenvalue weighted by Crippen LogP contribution is -2.05. The minimum atomic E-state index is -0.268. The molecule has 3 heterocycles. The summed E-state index contributed by atoms with van der Waals surface area (Å²) in [4.78, 5) is 4.31. The zero-order chi connectivity index (χ0) is 16.4. The molecule has 3 aromatic heterocycles. The Balaban J connectivity index is 1.80. The van der Waals surface area contributed by atoms with Crippen LogP contribution in [0, 0.1) is 5.82 Å². The van der Waals surface area contributed by atoms with Crippen molar-refractivity contribution < 1.29 is 8.91 Å². The number of rotatable bonds is 4. The van der Waals surface area contributed by atoms with E-state index in [1.165, 1.54) is 6.07 Å². The van der Waals surface area contributed by atoms with Crippen LogP contribution in [0.15, 0.2) is 71.5 Å². The molecule has 0 radical (unpaired) electrons. The third-order valence-electron chi connectivity index (χ3n) is 3.68. The van der Waals surface area contributed by atoms with Gasteiger partial charge in [-0.05, 0) is 24.3 Å². The van der Waals surface area contributed by atoms with Gasteiger partial charge in [0.05, 0.1) is 18.4 Å². The van der Waals surface area contributed by atoms with E-state index in [-0.39, 0.29) is 12.4 Å². The molecule has 0 saturated carbocycles. The fourth-order valence-electron chi connectivity index (χ4n) is 2.51. The van der Waals surface area contributed by atoms with Crippen LogP contribution in [0.5, 0.6) is 0 Å². The molecular formula is C18H13FN4O. The normalized spacial score (nSPS) is 10.9. The van der Waals surface area contributed by atoms with Crippen LogP contribution in [-0.4, -0.2) is 19.9 Å². The molecule has 24 heavy (non-hydrogen) atoms. The molecule has 0 fully saturated rings. The first-order chi connectivity index (χ1) is 11.8. The average Bonchev–Trinajstić information content (AvgIpc) is 3.27. The molecule has 0 atom stereocenters. The number of nitrogens with zero attached hydrogens (tertiary/aromatic N) is 4. The van der Waals surface area contributed by atoms with E-state index in [0.29, 0.717) is 17.0 Å². The standard InChI is InChI=1S/C18H13FN4O/c19-14-6-2-1-5-13(14)12-23-17(18-8-10-21-24-18)11-16(22-23)15-7-3-4-9-20-15/h1-11H,12H2. The lowest BCUT2D eigenvalue weighted by atomic mass is 10.2. The molecule has 0 saturated heterocycles. The predicted octanol–water partition coefficient (Wildman–Crippen LogP) is 3.79. The summed E-state index contributed by atoms with van der Waals surface area (Å²) in [6.45, 7) is 0.287. The number of halogens is 1. The van der Waals surface area contributed by atoms with Gasteiger partial charge in [0, 0.05) is 17.8 Å². The van der Waals surface area contributed by atoms with E-state index in [1.54, 1.807) is 41.3 Å². The van der Waals surface area contributed by atoms with Gasteiger partial charge in [0.2, 0.25) is 0 Å². The zero-order valence-corrected chi connectivity index (χ0v) is 12.6. The first kappa shape index (κ1) is 14.3. The first-order valence-electron chi connectivity index (χ1n) is 7.45. The summed E-state index contributed by atoms with van der Waals surface area (Å²) in [7, 11) is 0. The van der Waals surface area contributed by atoms with Gasteiger partial charge in [-0.1, -0.05) is 29.4 Å². The number of hydrogen-bond acceptors (Lipinski definition) is 4. The first-order valence-corrected chi connectivity index (χ1v) is 7.45. The van der Waals surface area contributed by atoms with E-state index in [0.717, 1.165) is 11.4 Å². The monoisotopic (exact) mass is 320 g/mol. The number of benzene rings is 1. The molecule has 4 aromatic rings. The van der Waals surface area contributed by atoms with E-state index in [2.05, 4.69) is 15.2 Å². The van der Waals surface area contributed by atoms with Crippen molar-refractivity contribution in [3.63, 3.8) is 0 Å². The van der Waals surface area contributed by atoms with E-state index in [1.807, 2.05) is 24.3 Å². The highest BCUT2D eigenvalue weighted by Gasteiger charge is 2.16. The van der Waals surface area contributed by atoms with E-state index < -0.39 is 0 Å². The summed E-state index contributed by atoms with van der Waals surface area (Å²) < 4.78 is 20.9. The second-order valence-corrected chi connectivity index (χ2v) is 5.26. The Morgan fingerprint density at radius 2 is 1.83 bits per heavy atom. The minimum absolute atomic E-state index is 0.268. The van der Waals surface area contributed by atoms with Gasteiger partial charge in [-0.2, -0.15) is 5.10 Å². The van der Waals surface area contributed by atoms with E-state index in [9.17, 15) is 4.39 Å². The van der Waals surface area contributed by atoms with Gasteiger partial charge in [-0.3, -0.25) is 9.67 Å². The van der Waals surface area contributed by atoms with Crippen LogP contribution < -0.4 is 0 Å². The zero-order valence-electron chi connectivity index (χ0n) is 12.6. The van der Waals surface area contributed by atoms with Gasteiger partial charge in [0.15, 0.2) is 5.76 Å². The number of pyridine rings is 1. The fraction of sp³-hybridized carbons (Fsp3) is 0.0556. The van der Waals surface area contributed by atoms with Crippen molar-refractivity contribution in [2.45, 2.75) is 6.54 Å². The van der Waals surface area contributed by atoms with Gasteiger partial charge >= 0.3 is 0 Å². The molecule has 5 nitrogen and oxygen atoms in total. The van der Waals surface area contributed by atoms with Gasteiger partial charge in [0.1, 0.15) is 17.2 Å². The lowest BCUT2D eigenvalue weighted by molar-refractivity contribution is 0.428. The van der Waals surface area contributed by atoms with Crippen LogP contribution in [0.2, 0.25) is 0 Å². The quantitative estimate of drug-likeness (QED) is 0.574. The summed E-state index contributed by atoms with van der Waals surface area (Å²) in [5.74, 6) is 0.303. The van der Waals surface area contributed by atoms with Crippen LogP contribution in [0.1, 0.15) is 5.56 Å². The van der Waals surface area contributed by atoms with Crippen LogP contribution in [0.25, 0.3) is 22.8 Å². The SMILES string of the molecule is Fc1ccccc1Cn1nc(-c2ccccn2)cc1-c1ccno1. The van der Waals surface area contributed by atoms with Crippen molar-refractivity contribution in [2.24, 2.45) is 0 Å². The number of hydrogen-bond donors (Lipinski definition) is 0. The molecule has 0 amide bonds. The molecule has 0 aliphatic heterocycles. The summed E-state index contributed by atoms with van der Waals surface area (Å²) >= 11 is 0. The molecule has 0 aliphatic carbocycles. The van der Waals surface area contributed by atoms with Crippen molar-refractivity contribution in [2.75, 3.05) is 0 Å². The van der Waals surface area contributed by atoms with Gasteiger partial charge in [-0.15, -0.1) is 0 Å². The molecule has 0 unspecified atom stereocenters. The minimum Gasteiger partial charge on any atom is -0.355 e. The van der Waals surface area contributed by atoms with Gasteiger partial charge in [-0.25, -0.2) is 4.39 Å². The van der Waals surface area contributed by atoms with Crippen LogP contribution in [-0.2, 0) is 6.54 Å². The molecule has 0 spiro atoms. The Labute approximate surface area is 137 Å². The highest BCUT2D eigenvalue weighted by atomic mass is 19.1. The maximum absolute atomic E-state index is 14.0.